The summed E-state index contributed by atoms with van der Waals surface area (Å²) < 4.78 is 36.0. The topological polar surface area (TPSA) is 32.5 Å². The Morgan fingerprint density at radius 3 is 2.14 bits per heavy atom. The first-order valence-electron chi connectivity index (χ1n) is 4.42. The Morgan fingerprint density at radius 2 is 1.79 bits per heavy atom. The molecule has 0 aromatic rings. The van der Waals surface area contributed by atoms with E-state index < -0.39 is 12.7 Å². The minimum Gasteiger partial charge on any atom is -0.318 e. The van der Waals surface area contributed by atoms with Gasteiger partial charge < -0.3 is 5.73 Å². The van der Waals surface area contributed by atoms with E-state index in [-0.39, 0.29) is 6.04 Å². The van der Waals surface area contributed by atoms with Crippen molar-refractivity contribution in [2.45, 2.75) is 19.1 Å². The molecule has 6 heteroatoms. The second kappa shape index (κ2) is 5.53. The van der Waals surface area contributed by atoms with E-state index in [1.807, 2.05) is 0 Å². The lowest BCUT2D eigenvalue weighted by atomic mass is 10.3. The van der Waals surface area contributed by atoms with Crippen molar-refractivity contribution in [2.75, 3.05) is 33.9 Å². The number of halogens is 3. The quantitative estimate of drug-likeness (QED) is 0.683. The average molecular weight is 213 g/mol. The third kappa shape index (κ3) is 6.17. The fraction of sp³-hybridized carbons (Fsp3) is 1.00. The van der Waals surface area contributed by atoms with Gasteiger partial charge in [-0.3, -0.25) is 9.80 Å². The van der Waals surface area contributed by atoms with Crippen molar-refractivity contribution in [1.29, 1.82) is 0 Å². The summed E-state index contributed by atoms with van der Waals surface area (Å²) in [5.41, 5.74) is 5.33. The first kappa shape index (κ1) is 13.7. The smallest absolute Gasteiger partial charge is 0.318 e. The summed E-state index contributed by atoms with van der Waals surface area (Å²) in [6.07, 6.45) is -4.13. The van der Waals surface area contributed by atoms with Gasteiger partial charge in [-0.1, -0.05) is 0 Å². The van der Waals surface area contributed by atoms with Gasteiger partial charge in [0.25, 0.3) is 0 Å². The summed E-state index contributed by atoms with van der Waals surface area (Å²) >= 11 is 0. The van der Waals surface area contributed by atoms with Crippen LogP contribution in [0.25, 0.3) is 0 Å². The average Bonchev–Trinajstić information content (AvgIpc) is 2.00. The van der Waals surface area contributed by atoms with Crippen LogP contribution >= 0.6 is 0 Å². The maximum Gasteiger partial charge on any atom is 0.401 e. The Hall–Kier alpha value is -0.330. The zero-order chi connectivity index (χ0) is 11.4. The van der Waals surface area contributed by atoms with Crippen LogP contribution in [-0.2, 0) is 0 Å². The van der Waals surface area contributed by atoms with Crippen molar-refractivity contribution in [2.24, 2.45) is 5.73 Å². The Bertz CT molecular complexity index is 160. The van der Waals surface area contributed by atoms with Gasteiger partial charge in [0.15, 0.2) is 0 Å². The lowest BCUT2D eigenvalue weighted by molar-refractivity contribution is -0.147. The molecule has 0 bridgehead atoms. The monoisotopic (exact) mass is 213 g/mol. The largest absolute Gasteiger partial charge is 0.401 e. The number of nitrogens with two attached hydrogens (primary N) is 1. The summed E-state index contributed by atoms with van der Waals surface area (Å²) in [5.74, 6) is 0. The minimum absolute atomic E-state index is 0.162. The van der Waals surface area contributed by atoms with Crippen LogP contribution in [0.4, 0.5) is 13.2 Å². The van der Waals surface area contributed by atoms with Gasteiger partial charge in [-0.2, -0.15) is 13.2 Å². The summed E-state index contributed by atoms with van der Waals surface area (Å²) in [4.78, 5) is 3.05. The molecule has 1 unspecified atom stereocenters. The van der Waals surface area contributed by atoms with Gasteiger partial charge in [-0.15, -0.1) is 0 Å². The van der Waals surface area contributed by atoms with Crippen LogP contribution < -0.4 is 5.73 Å². The number of likely N-dealkylation sites (N-methyl/N-ethyl adjacent to an activating group) is 2. The molecule has 0 aromatic carbocycles. The first-order valence-corrected chi connectivity index (χ1v) is 4.42. The van der Waals surface area contributed by atoms with E-state index in [0.29, 0.717) is 13.2 Å². The molecule has 0 spiro atoms. The van der Waals surface area contributed by atoms with Crippen molar-refractivity contribution < 1.29 is 13.2 Å². The first-order chi connectivity index (χ1) is 6.26. The highest BCUT2D eigenvalue weighted by Gasteiger charge is 2.30. The molecule has 0 saturated heterocycles. The van der Waals surface area contributed by atoms with E-state index in [0.717, 1.165) is 0 Å². The zero-order valence-corrected chi connectivity index (χ0v) is 8.80. The number of nitrogens with zero attached hydrogens (tertiary/aromatic N) is 2. The van der Waals surface area contributed by atoms with Crippen molar-refractivity contribution in [3.8, 4) is 0 Å². The highest BCUT2D eigenvalue weighted by atomic mass is 19.4. The van der Waals surface area contributed by atoms with E-state index in [9.17, 15) is 13.2 Å². The molecule has 0 aliphatic carbocycles. The number of hydrogen-bond donors (Lipinski definition) is 1. The molecule has 3 nitrogen and oxygen atoms in total. The maximum absolute atomic E-state index is 12.0. The second-order valence-electron chi connectivity index (χ2n) is 3.60. The van der Waals surface area contributed by atoms with Gasteiger partial charge in [0.2, 0.25) is 0 Å². The Kier molecular flexibility index (Phi) is 5.40. The molecule has 86 valence electrons. The van der Waals surface area contributed by atoms with E-state index >= 15 is 0 Å². The molecular formula is C8H18F3N3. The third-order valence-electron chi connectivity index (χ3n) is 2.07. The number of rotatable bonds is 5. The molecule has 0 aromatic heterocycles. The van der Waals surface area contributed by atoms with Crippen LogP contribution in [0.1, 0.15) is 6.92 Å². The lowest BCUT2D eigenvalue weighted by Gasteiger charge is -2.28. The summed E-state index contributed by atoms with van der Waals surface area (Å²) in [6, 6.07) is -0.162. The predicted octanol–water partition coefficient (Wildman–Crippen LogP) is 0.717. The molecule has 0 aliphatic heterocycles. The van der Waals surface area contributed by atoms with E-state index in [4.69, 9.17) is 5.73 Å². The van der Waals surface area contributed by atoms with Crippen molar-refractivity contribution in [3.05, 3.63) is 0 Å². The van der Waals surface area contributed by atoms with Gasteiger partial charge >= 0.3 is 6.18 Å². The van der Waals surface area contributed by atoms with E-state index in [1.165, 1.54) is 11.9 Å². The van der Waals surface area contributed by atoms with Crippen LogP contribution in [0.15, 0.2) is 0 Å². The van der Waals surface area contributed by atoms with E-state index in [1.54, 1.807) is 18.9 Å². The molecule has 0 radical (unpaired) electrons. The molecule has 14 heavy (non-hydrogen) atoms. The van der Waals surface area contributed by atoms with Crippen LogP contribution in [0.3, 0.4) is 0 Å². The Balaban J connectivity index is 3.93. The standard InChI is InChI=1S/C8H18F3N3/c1-7(4-13(2)6-12)14(3)5-8(9,10)11/h7H,4-6,12H2,1-3H3. The lowest BCUT2D eigenvalue weighted by Crippen LogP contribution is -2.44. The molecule has 1 atom stereocenters. The number of hydrogen-bond acceptors (Lipinski definition) is 3. The number of alkyl halides is 3. The van der Waals surface area contributed by atoms with Crippen molar-refractivity contribution in [1.82, 2.24) is 9.80 Å². The van der Waals surface area contributed by atoms with E-state index in [2.05, 4.69) is 0 Å². The van der Waals surface area contributed by atoms with Crippen LogP contribution in [0.2, 0.25) is 0 Å². The minimum atomic E-state index is -4.13. The van der Waals surface area contributed by atoms with Crippen molar-refractivity contribution >= 4 is 0 Å². The molecule has 0 fully saturated rings. The van der Waals surface area contributed by atoms with Gasteiger partial charge in [0, 0.05) is 19.3 Å². The van der Waals surface area contributed by atoms with Gasteiger partial charge in [-0.25, -0.2) is 0 Å². The molecular weight excluding hydrogens is 195 g/mol. The fourth-order valence-corrected chi connectivity index (χ4v) is 1.10. The van der Waals surface area contributed by atoms with Crippen LogP contribution in [-0.4, -0.2) is 55.9 Å². The molecule has 0 saturated carbocycles. The van der Waals surface area contributed by atoms with Gasteiger partial charge in [-0.05, 0) is 21.0 Å². The maximum atomic E-state index is 12.0. The highest BCUT2D eigenvalue weighted by molar-refractivity contribution is 4.69. The Labute approximate surface area is 82.7 Å². The third-order valence-corrected chi connectivity index (χ3v) is 2.07. The molecule has 2 N–H and O–H groups in total. The highest BCUT2D eigenvalue weighted by Crippen LogP contribution is 2.16. The van der Waals surface area contributed by atoms with Crippen LogP contribution in [0.5, 0.6) is 0 Å². The Morgan fingerprint density at radius 1 is 1.29 bits per heavy atom. The van der Waals surface area contributed by atoms with Gasteiger partial charge in [0.1, 0.15) is 0 Å². The summed E-state index contributed by atoms with van der Waals surface area (Å²) in [5, 5.41) is 0. The van der Waals surface area contributed by atoms with Crippen LogP contribution in [0, 0.1) is 0 Å². The summed E-state index contributed by atoms with van der Waals surface area (Å²) in [7, 11) is 3.24. The van der Waals surface area contributed by atoms with Gasteiger partial charge in [0.05, 0.1) is 6.54 Å². The molecule has 0 amide bonds. The molecule has 0 aliphatic rings. The summed E-state index contributed by atoms with van der Waals surface area (Å²) in [6.45, 7) is 1.75. The molecule has 0 heterocycles. The second-order valence-corrected chi connectivity index (χ2v) is 3.60. The zero-order valence-electron chi connectivity index (χ0n) is 8.80. The van der Waals surface area contributed by atoms with Crippen molar-refractivity contribution in [3.63, 3.8) is 0 Å². The fourth-order valence-electron chi connectivity index (χ4n) is 1.10. The normalized spacial score (nSPS) is 15.2. The SMILES string of the molecule is CC(CN(C)CN)N(C)CC(F)(F)F. The molecule has 0 rings (SSSR count). The predicted molar refractivity (Wildman–Crippen MR) is 49.8 cm³/mol.